The Morgan fingerprint density at radius 3 is 2.74 bits per heavy atom. The molecule has 1 aliphatic heterocycles. The van der Waals surface area contributed by atoms with Crippen LogP contribution < -0.4 is 9.04 Å². The molecule has 1 heterocycles. The Balaban J connectivity index is 2.36. The third-order valence-corrected chi connectivity index (χ3v) is 5.13. The Labute approximate surface area is 113 Å². The molecule has 19 heavy (non-hydrogen) atoms. The van der Waals surface area contributed by atoms with Gasteiger partial charge >= 0.3 is 0 Å². The first kappa shape index (κ1) is 14.1. The van der Waals surface area contributed by atoms with Crippen molar-refractivity contribution in [2.24, 2.45) is 5.92 Å². The molecule has 1 N–H and O–H groups in total. The first-order valence-electron chi connectivity index (χ1n) is 6.35. The van der Waals surface area contributed by atoms with E-state index in [2.05, 4.69) is 0 Å². The van der Waals surface area contributed by atoms with Crippen molar-refractivity contribution in [1.29, 1.82) is 0 Å². The molecular formula is C13H19NO4S. The molecule has 2 rings (SSSR count). The minimum Gasteiger partial charge on any atom is -0.494 e. The smallest absolute Gasteiger partial charge is 0.235 e. The van der Waals surface area contributed by atoms with Gasteiger partial charge in [0.15, 0.2) is 0 Å². The van der Waals surface area contributed by atoms with Crippen LogP contribution >= 0.6 is 0 Å². The zero-order chi connectivity index (χ0) is 14.0. The predicted molar refractivity (Wildman–Crippen MR) is 73.8 cm³/mol. The normalized spacial score (nSPS) is 21.6. The van der Waals surface area contributed by atoms with Gasteiger partial charge in [-0.25, -0.2) is 8.42 Å². The van der Waals surface area contributed by atoms with E-state index in [0.717, 1.165) is 0 Å². The van der Waals surface area contributed by atoms with Gasteiger partial charge in [-0.2, -0.15) is 0 Å². The Morgan fingerprint density at radius 1 is 1.47 bits per heavy atom. The summed E-state index contributed by atoms with van der Waals surface area (Å²) in [5.74, 6) is 0.891. The highest BCUT2D eigenvalue weighted by Gasteiger charge is 2.33. The lowest BCUT2D eigenvalue weighted by molar-refractivity contribution is 0.267. The Kier molecular flexibility index (Phi) is 4.01. The molecule has 0 aliphatic carbocycles. The number of nitrogens with zero attached hydrogens (tertiary/aromatic N) is 1. The molecule has 1 aromatic carbocycles. The maximum atomic E-state index is 12.0. The Bertz CT molecular complexity index is 556. The summed E-state index contributed by atoms with van der Waals surface area (Å²) < 4.78 is 30.8. The van der Waals surface area contributed by atoms with Crippen LogP contribution in [0, 0.1) is 5.92 Å². The van der Waals surface area contributed by atoms with Gasteiger partial charge in [0.05, 0.1) is 24.7 Å². The lowest BCUT2D eigenvalue weighted by Gasteiger charge is -2.19. The molecule has 6 heteroatoms. The molecule has 0 bridgehead atoms. The highest BCUT2D eigenvalue weighted by atomic mass is 32.2. The maximum absolute atomic E-state index is 12.0. The largest absolute Gasteiger partial charge is 0.494 e. The van der Waals surface area contributed by atoms with E-state index in [1.165, 1.54) is 4.31 Å². The Morgan fingerprint density at radius 2 is 2.21 bits per heavy atom. The molecule has 1 fully saturated rings. The first-order valence-corrected chi connectivity index (χ1v) is 7.96. The number of rotatable bonds is 4. The van der Waals surface area contributed by atoms with Crippen molar-refractivity contribution < 1.29 is 18.3 Å². The van der Waals surface area contributed by atoms with E-state index in [0.29, 0.717) is 30.2 Å². The summed E-state index contributed by atoms with van der Waals surface area (Å²) in [5.41, 5.74) is 1.20. The predicted octanol–water partition coefficient (Wildman–Crippen LogP) is 1.36. The van der Waals surface area contributed by atoms with Crippen molar-refractivity contribution >= 4 is 15.7 Å². The van der Waals surface area contributed by atoms with Crippen LogP contribution in [0.4, 0.5) is 5.69 Å². The van der Waals surface area contributed by atoms with Gasteiger partial charge in [-0.05, 0) is 31.0 Å². The van der Waals surface area contributed by atoms with Crippen molar-refractivity contribution in [3.8, 4) is 5.75 Å². The summed E-state index contributed by atoms with van der Waals surface area (Å²) >= 11 is 0. The minimum absolute atomic E-state index is 0.120. The van der Waals surface area contributed by atoms with Crippen LogP contribution in [0.1, 0.15) is 19.4 Å². The van der Waals surface area contributed by atoms with E-state index in [4.69, 9.17) is 4.74 Å². The van der Waals surface area contributed by atoms with E-state index < -0.39 is 10.0 Å². The third-order valence-electron chi connectivity index (χ3n) is 3.11. The SMILES string of the molecule is CCOc1ccc(N2CC(C)CS2(=O)=O)cc1CO. The van der Waals surface area contributed by atoms with Gasteiger partial charge in [0.25, 0.3) is 0 Å². The standard InChI is InChI=1S/C13H19NO4S/c1-3-18-13-5-4-12(6-11(13)8-15)14-7-10(2)9-19(14,16)17/h4-6,10,15H,3,7-9H2,1-2H3. The van der Waals surface area contributed by atoms with Crippen LogP contribution in [0.3, 0.4) is 0 Å². The van der Waals surface area contributed by atoms with Gasteiger partial charge in [0.1, 0.15) is 5.75 Å². The number of aliphatic hydroxyl groups excluding tert-OH is 1. The van der Waals surface area contributed by atoms with Crippen LogP contribution in [0.25, 0.3) is 0 Å². The molecule has 0 aromatic heterocycles. The average Bonchev–Trinajstić information content (AvgIpc) is 2.63. The molecule has 0 spiro atoms. The van der Waals surface area contributed by atoms with Crippen LogP contribution in [0.2, 0.25) is 0 Å². The van der Waals surface area contributed by atoms with E-state index in [-0.39, 0.29) is 18.3 Å². The molecule has 0 radical (unpaired) electrons. The van der Waals surface area contributed by atoms with Crippen molar-refractivity contribution in [2.45, 2.75) is 20.5 Å². The Hall–Kier alpha value is -1.27. The quantitative estimate of drug-likeness (QED) is 0.907. The van der Waals surface area contributed by atoms with E-state index in [1.54, 1.807) is 18.2 Å². The highest BCUT2D eigenvalue weighted by Crippen LogP contribution is 2.31. The first-order chi connectivity index (χ1) is 8.97. The fraction of sp³-hybridized carbons (Fsp3) is 0.538. The minimum atomic E-state index is -3.23. The van der Waals surface area contributed by atoms with Crippen molar-refractivity contribution in [1.82, 2.24) is 0 Å². The fourth-order valence-electron chi connectivity index (χ4n) is 2.31. The summed E-state index contributed by atoms with van der Waals surface area (Å²) in [7, 11) is -3.23. The molecule has 1 saturated heterocycles. The van der Waals surface area contributed by atoms with Crippen LogP contribution in [-0.2, 0) is 16.6 Å². The average molecular weight is 285 g/mol. The molecule has 1 aromatic rings. The highest BCUT2D eigenvalue weighted by molar-refractivity contribution is 7.93. The van der Waals surface area contributed by atoms with Crippen LogP contribution in [0.5, 0.6) is 5.75 Å². The monoisotopic (exact) mass is 285 g/mol. The second-order valence-corrected chi connectivity index (χ2v) is 6.74. The van der Waals surface area contributed by atoms with Gasteiger partial charge in [-0.3, -0.25) is 4.31 Å². The summed E-state index contributed by atoms with van der Waals surface area (Å²) in [6, 6.07) is 5.11. The van der Waals surface area contributed by atoms with E-state index >= 15 is 0 Å². The molecule has 1 atom stereocenters. The summed E-state index contributed by atoms with van der Waals surface area (Å²) in [6.45, 7) is 4.60. The van der Waals surface area contributed by atoms with Crippen molar-refractivity contribution in [3.63, 3.8) is 0 Å². The number of sulfonamides is 1. The van der Waals surface area contributed by atoms with Gasteiger partial charge in [0, 0.05) is 12.1 Å². The molecular weight excluding hydrogens is 266 g/mol. The third kappa shape index (κ3) is 2.84. The fourth-order valence-corrected chi connectivity index (χ4v) is 4.23. The molecule has 106 valence electrons. The van der Waals surface area contributed by atoms with Gasteiger partial charge in [-0.15, -0.1) is 0 Å². The molecule has 1 unspecified atom stereocenters. The van der Waals surface area contributed by atoms with Gasteiger partial charge in [-0.1, -0.05) is 6.92 Å². The van der Waals surface area contributed by atoms with Crippen LogP contribution in [0.15, 0.2) is 18.2 Å². The number of hydrogen-bond donors (Lipinski definition) is 1. The molecule has 0 amide bonds. The number of ether oxygens (including phenoxy) is 1. The maximum Gasteiger partial charge on any atom is 0.235 e. The molecule has 5 nitrogen and oxygen atoms in total. The van der Waals surface area contributed by atoms with Crippen molar-refractivity contribution in [2.75, 3.05) is 23.2 Å². The number of hydrogen-bond acceptors (Lipinski definition) is 4. The van der Waals surface area contributed by atoms with E-state index in [1.807, 2.05) is 13.8 Å². The van der Waals surface area contributed by atoms with Gasteiger partial charge in [0.2, 0.25) is 10.0 Å². The number of aliphatic hydroxyl groups is 1. The zero-order valence-electron chi connectivity index (χ0n) is 11.2. The second kappa shape index (κ2) is 5.38. The summed E-state index contributed by atoms with van der Waals surface area (Å²) in [6.07, 6.45) is 0. The lowest BCUT2D eigenvalue weighted by atomic mass is 10.1. The number of benzene rings is 1. The molecule has 0 saturated carbocycles. The number of anilines is 1. The topological polar surface area (TPSA) is 66.8 Å². The van der Waals surface area contributed by atoms with Crippen molar-refractivity contribution in [3.05, 3.63) is 23.8 Å². The zero-order valence-corrected chi connectivity index (χ0v) is 12.0. The second-order valence-electron chi connectivity index (χ2n) is 4.80. The lowest BCUT2D eigenvalue weighted by Crippen LogP contribution is -2.25. The molecule has 1 aliphatic rings. The summed E-state index contributed by atoms with van der Waals surface area (Å²) in [4.78, 5) is 0. The van der Waals surface area contributed by atoms with E-state index in [9.17, 15) is 13.5 Å². The van der Waals surface area contributed by atoms with Gasteiger partial charge < -0.3 is 9.84 Å². The van der Waals surface area contributed by atoms with Crippen LogP contribution in [-0.4, -0.2) is 32.4 Å². The summed E-state index contributed by atoms with van der Waals surface area (Å²) in [5, 5.41) is 9.35.